The Hall–Kier alpha value is -3.53. The first-order valence-corrected chi connectivity index (χ1v) is 7.77. The van der Waals surface area contributed by atoms with Crippen molar-refractivity contribution < 1.29 is 24.2 Å². The molecule has 10 nitrogen and oxygen atoms in total. The summed E-state index contributed by atoms with van der Waals surface area (Å²) in [5, 5.41) is 24.0. The summed E-state index contributed by atoms with van der Waals surface area (Å²) in [6, 6.07) is 9.32. The average molecular weight is 394 g/mol. The van der Waals surface area contributed by atoms with E-state index in [4.69, 9.17) is 16.3 Å². The van der Waals surface area contributed by atoms with Crippen molar-refractivity contribution in [1.82, 2.24) is 0 Å². The number of carbonyl (C=O) groups excluding carboxylic acids is 2. The zero-order valence-corrected chi connectivity index (χ0v) is 14.3. The van der Waals surface area contributed by atoms with E-state index < -0.39 is 28.3 Å². The quantitative estimate of drug-likeness (QED) is 0.433. The number of anilines is 1. The number of halogens is 1. The van der Waals surface area contributed by atoms with Gasteiger partial charge in [0.2, 0.25) is 0 Å². The van der Waals surface area contributed by atoms with Gasteiger partial charge in [-0.3, -0.25) is 29.8 Å². The van der Waals surface area contributed by atoms with E-state index in [9.17, 15) is 29.8 Å². The molecule has 0 heterocycles. The number of rotatable bonds is 7. The molecule has 1 N–H and O–H groups in total. The van der Waals surface area contributed by atoms with E-state index in [1.165, 1.54) is 36.4 Å². The zero-order chi connectivity index (χ0) is 20.0. The maximum absolute atomic E-state index is 11.8. The Bertz CT molecular complexity index is 917. The third-order valence-electron chi connectivity index (χ3n) is 3.31. The van der Waals surface area contributed by atoms with Gasteiger partial charge in [0.05, 0.1) is 16.3 Å². The molecule has 0 radical (unpaired) electrons. The lowest BCUT2D eigenvalue weighted by molar-refractivity contribution is -0.385. The molecular weight excluding hydrogens is 382 g/mol. The van der Waals surface area contributed by atoms with E-state index in [1.807, 2.05) is 0 Å². The van der Waals surface area contributed by atoms with Crippen LogP contribution in [0.4, 0.5) is 17.1 Å². The van der Waals surface area contributed by atoms with Gasteiger partial charge in [-0.1, -0.05) is 29.8 Å². The number of nitro benzene ring substituents is 2. The SMILES string of the molecule is O=C(COC(=O)Cc1ccccc1[N+](=O)[O-])Nc1ccc(Cl)c([N+](=O)[O-])c1. The van der Waals surface area contributed by atoms with Crippen LogP contribution in [0.15, 0.2) is 42.5 Å². The minimum absolute atomic E-state index is 0.0890. The minimum Gasteiger partial charge on any atom is -0.455 e. The molecule has 0 unspecified atom stereocenters. The number of ether oxygens (including phenoxy) is 1. The first-order valence-electron chi connectivity index (χ1n) is 7.39. The lowest BCUT2D eigenvalue weighted by Crippen LogP contribution is -2.21. The van der Waals surface area contributed by atoms with Gasteiger partial charge in [0.15, 0.2) is 6.61 Å². The number of carbonyl (C=O) groups is 2. The number of nitrogens with one attached hydrogen (secondary N) is 1. The standard InChI is InChI=1S/C16H12ClN3O7/c17-12-6-5-11(8-14(12)20(25)26)18-15(21)9-27-16(22)7-10-3-1-2-4-13(10)19(23)24/h1-6,8H,7,9H2,(H,18,21). The van der Waals surface area contributed by atoms with Crippen LogP contribution in [0, 0.1) is 20.2 Å². The molecule has 0 spiro atoms. The Kier molecular flexibility index (Phi) is 6.39. The second-order valence-electron chi connectivity index (χ2n) is 5.19. The Labute approximate surface area is 157 Å². The molecule has 0 bridgehead atoms. The highest BCUT2D eigenvalue weighted by atomic mass is 35.5. The normalized spacial score (nSPS) is 10.1. The topological polar surface area (TPSA) is 142 Å². The van der Waals surface area contributed by atoms with Crippen LogP contribution >= 0.6 is 11.6 Å². The van der Waals surface area contributed by atoms with Crippen LogP contribution in [0.1, 0.15) is 5.56 Å². The fourth-order valence-corrected chi connectivity index (χ4v) is 2.30. The van der Waals surface area contributed by atoms with Crippen LogP contribution in [0.5, 0.6) is 0 Å². The fraction of sp³-hybridized carbons (Fsp3) is 0.125. The highest BCUT2D eigenvalue weighted by molar-refractivity contribution is 6.32. The van der Waals surface area contributed by atoms with Gasteiger partial charge in [-0.15, -0.1) is 0 Å². The number of amides is 1. The second-order valence-corrected chi connectivity index (χ2v) is 5.60. The van der Waals surface area contributed by atoms with Crippen molar-refractivity contribution in [2.24, 2.45) is 0 Å². The number of nitrogens with zero attached hydrogens (tertiary/aromatic N) is 2. The lowest BCUT2D eigenvalue weighted by atomic mass is 10.1. The third-order valence-corrected chi connectivity index (χ3v) is 3.63. The maximum atomic E-state index is 11.8. The molecule has 0 saturated carbocycles. The molecule has 0 aromatic heterocycles. The van der Waals surface area contributed by atoms with Crippen molar-refractivity contribution in [3.8, 4) is 0 Å². The van der Waals surface area contributed by atoms with E-state index in [0.717, 1.165) is 6.07 Å². The van der Waals surface area contributed by atoms with Crippen molar-refractivity contribution in [3.63, 3.8) is 0 Å². The molecule has 11 heteroatoms. The summed E-state index contributed by atoms with van der Waals surface area (Å²) in [6.45, 7) is -0.657. The first-order chi connectivity index (χ1) is 12.8. The summed E-state index contributed by atoms with van der Waals surface area (Å²) in [4.78, 5) is 44.0. The molecule has 0 aliphatic rings. The van der Waals surface area contributed by atoms with Gasteiger partial charge in [-0.25, -0.2) is 0 Å². The van der Waals surface area contributed by atoms with Crippen molar-refractivity contribution in [3.05, 3.63) is 73.3 Å². The number of nitro groups is 2. The second kappa shape index (κ2) is 8.72. The maximum Gasteiger partial charge on any atom is 0.311 e. The number of para-hydroxylation sites is 1. The van der Waals surface area contributed by atoms with Gasteiger partial charge < -0.3 is 10.1 Å². The molecule has 27 heavy (non-hydrogen) atoms. The molecule has 2 aromatic carbocycles. The molecule has 0 fully saturated rings. The Balaban J connectivity index is 1.92. The predicted molar refractivity (Wildman–Crippen MR) is 94.5 cm³/mol. The largest absolute Gasteiger partial charge is 0.455 e. The summed E-state index contributed by atoms with van der Waals surface area (Å²) < 4.78 is 4.78. The number of esters is 1. The third kappa shape index (κ3) is 5.47. The zero-order valence-electron chi connectivity index (χ0n) is 13.6. The van der Waals surface area contributed by atoms with Crippen molar-refractivity contribution in [2.45, 2.75) is 6.42 Å². The predicted octanol–water partition coefficient (Wildman–Crippen LogP) is 2.88. The van der Waals surface area contributed by atoms with Crippen LogP contribution in [-0.4, -0.2) is 28.3 Å². The van der Waals surface area contributed by atoms with Gasteiger partial charge in [-0.2, -0.15) is 0 Å². The summed E-state index contributed by atoms with van der Waals surface area (Å²) >= 11 is 5.67. The minimum atomic E-state index is -0.832. The Morgan fingerprint density at radius 1 is 1.04 bits per heavy atom. The average Bonchev–Trinajstić information content (AvgIpc) is 2.61. The highest BCUT2D eigenvalue weighted by Gasteiger charge is 2.18. The summed E-state index contributed by atoms with van der Waals surface area (Å²) in [6.07, 6.45) is -0.378. The Morgan fingerprint density at radius 2 is 1.70 bits per heavy atom. The number of benzene rings is 2. The number of hydrogen-bond donors (Lipinski definition) is 1. The smallest absolute Gasteiger partial charge is 0.311 e. The van der Waals surface area contributed by atoms with Crippen molar-refractivity contribution >= 4 is 40.5 Å². The van der Waals surface area contributed by atoms with Crippen LogP contribution in [0.2, 0.25) is 5.02 Å². The fourth-order valence-electron chi connectivity index (χ4n) is 2.12. The van der Waals surface area contributed by atoms with E-state index in [0.29, 0.717) is 0 Å². The lowest BCUT2D eigenvalue weighted by Gasteiger charge is -2.07. The summed E-state index contributed by atoms with van der Waals surface area (Å²) in [5.74, 6) is -1.57. The summed E-state index contributed by atoms with van der Waals surface area (Å²) in [7, 11) is 0. The molecular formula is C16H12ClN3O7. The molecule has 0 atom stereocenters. The van der Waals surface area contributed by atoms with Crippen molar-refractivity contribution in [1.29, 1.82) is 0 Å². The van der Waals surface area contributed by atoms with Crippen LogP contribution in [0.25, 0.3) is 0 Å². The van der Waals surface area contributed by atoms with E-state index in [-0.39, 0.29) is 34.1 Å². The van der Waals surface area contributed by atoms with Crippen LogP contribution in [-0.2, 0) is 20.7 Å². The molecule has 0 aliphatic heterocycles. The molecule has 0 saturated heterocycles. The van der Waals surface area contributed by atoms with Gasteiger partial charge in [0.1, 0.15) is 5.02 Å². The van der Waals surface area contributed by atoms with Crippen LogP contribution < -0.4 is 5.32 Å². The molecule has 140 valence electrons. The van der Waals surface area contributed by atoms with E-state index >= 15 is 0 Å². The van der Waals surface area contributed by atoms with Crippen LogP contribution in [0.3, 0.4) is 0 Å². The molecule has 2 aromatic rings. The van der Waals surface area contributed by atoms with Gasteiger partial charge in [0.25, 0.3) is 17.3 Å². The van der Waals surface area contributed by atoms with Crippen molar-refractivity contribution in [2.75, 3.05) is 11.9 Å². The number of hydrogen-bond acceptors (Lipinski definition) is 7. The summed E-state index contributed by atoms with van der Waals surface area (Å²) in [5.41, 5.74) is -0.359. The van der Waals surface area contributed by atoms with Gasteiger partial charge in [-0.05, 0) is 12.1 Å². The monoisotopic (exact) mass is 393 g/mol. The molecule has 1 amide bonds. The van der Waals surface area contributed by atoms with Gasteiger partial charge in [0, 0.05) is 23.4 Å². The van der Waals surface area contributed by atoms with E-state index in [2.05, 4.69) is 5.32 Å². The molecule has 0 aliphatic carbocycles. The first kappa shape index (κ1) is 19.8. The molecule has 2 rings (SSSR count). The highest BCUT2D eigenvalue weighted by Crippen LogP contribution is 2.27. The Morgan fingerprint density at radius 3 is 2.37 bits per heavy atom. The van der Waals surface area contributed by atoms with E-state index in [1.54, 1.807) is 0 Å². The van der Waals surface area contributed by atoms with Gasteiger partial charge >= 0.3 is 5.97 Å².